The summed E-state index contributed by atoms with van der Waals surface area (Å²) in [5.74, 6) is 0.545. The number of rotatable bonds is 7. The Labute approximate surface area is 138 Å². The lowest BCUT2D eigenvalue weighted by Gasteiger charge is -2.11. The highest BCUT2D eigenvalue weighted by molar-refractivity contribution is 7.89. The Bertz CT molecular complexity index is 620. The molecule has 0 aromatic heterocycles. The molecule has 1 saturated heterocycles. The lowest BCUT2D eigenvalue weighted by atomic mass is 10.0. The molecule has 23 heavy (non-hydrogen) atoms. The van der Waals surface area contributed by atoms with E-state index in [0.29, 0.717) is 18.0 Å². The molecule has 0 bridgehead atoms. The van der Waals surface area contributed by atoms with E-state index in [0.717, 1.165) is 25.9 Å². The van der Waals surface area contributed by atoms with Gasteiger partial charge >= 0.3 is 0 Å². The van der Waals surface area contributed by atoms with Crippen molar-refractivity contribution in [1.82, 2.24) is 10.0 Å². The molecule has 3 N–H and O–H groups in total. The molecule has 0 saturated carbocycles. The van der Waals surface area contributed by atoms with Crippen LogP contribution in [0, 0.1) is 5.92 Å². The summed E-state index contributed by atoms with van der Waals surface area (Å²) in [4.78, 5) is 12.1. The van der Waals surface area contributed by atoms with Crippen LogP contribution in [0.1, 0.15) is 33.1 Å². The SMILES string of the molecule is CC(C)NS(=O)(=O)c1ccc(NC(=O)CCC2CCNC2)cc1. The molecule has 1 heterocycles. The maximum Gasteiger partial charge on any atom is 0.240 e. The smallest absolute Gasteiger partial charge is 0.240 e. The van der Waals surface area contributed by atoms with Crippen LogP contribution in [0.25, 0.3) is 0 Å². The van der Waals surface area contributed by atoms with Gasteiger partial charge in [-0.25, -0.2) is 13.1 Å². The zero-order valence-corrected chi connectivity index (χ0v) is 14.4. The Morgan fingerprint density at radius 2 is 2.00 bits per heavy atom. The molecule has 1 unspecified atom stereocenters. The molecule has 1 atom stereocenters. The summed E-state index contributed by atoms with van der Waals surface area (Å²) in [6.07, 6.45) is 2.49. The van der Waals surface area contributed by atoms with Crippen molar-refractivity contribution in [3.8, 4) is 0 Å². The van der Waals surface area contributed by atoms with E-state index in [1.54, 1.807) is 26.0 Å². The average Bonchev–Trinajstić information content (AvgIpc) is 2.97. The van der Waals surface area contributed by atoms with Crippen LogP contribution >= 0.6 is 0 Å². The predicted octanol–water partition coefficient (Wildman–Crippen LogP) is 1.70. The molecular formula is C16H25N3O3S. The van der Waals surface area contributed by atoms with Gasteiger partial charge in [-0.15, -0.1) is 0 Å². The van der Waals surface area contributed by atoms with Crippen LogP contribution in [0.4, 0.5) is 5.69 Å². The number of benzene rings is 1. The van der Waals surface area contributed by atoms with Gasteiger partial charge in [0, 0.05) is 18.2 Å². The average molecular weight is 339 g/mol. The molecule has 6 nitrogen and oxygen atoms in total. The van der Waals surface area contributed by atoms with E-state index >= 15 is 0 Å². The zero-order valence-electron chi connectivity index (χ0n) is 13.6. The minimum absolute atomic E-state index is 0.0344. The normalized spacial score (nSPS) is 18.3. The Morgan fingerprint density at radius 3 is 2.57 bits per heavy atom. The van der Waals surface area contributed by atoms with Gasteiger partial charge in [-0.1, -0.05) is 0 Å². The van der Waals surface area contributed by atoms with Crippen LogP contribution in [0.2, 0.25) is 0 Å². The zero-order chi connectivity index (χ0) is 16.9. The van der Waals surface area contributed by atoms with Gasteiger partial charge in [-0.05, 0) is 70.0 Å². The minimum atomic E-state index is -3.50. The van der Waals surface area contributed by atoms with Gasteiger partial charge in [0.05, 0.1) is 4.90 Å². The first-order valence-corrected chi connectivity index (χ1v) is 9.48. The number of carbonyl (C=O) groups is 1. The van der Waals surface area contributed by atoms with Crippen LogP contribution < -0.4 is 15.4 Å². The molecule has 1 aliphatic heterocycles. The summed E-state index contributed by atoms with van der Waals surface area (Å²) >= 11 is 0. The molecule has 0 spiro atoms. The van der Waals surface area contributed by atoms with Crippen LogP contribution in [0.3, 0.4) is 0 Å². The largest absolute Gasteiger partial charge is 0.326 e. The van der Waals surface area contributed by atoms with Crippen molar-refractivity contribution >= 4 is 21.6 Å². The first-order chi connectivity index (χ1) is 10.9. The third kappa shape index (κ3) is 5.60. The lowest BCUT2D eigenvalue weighted by Crippen LogP contribution is -2.30. The Morgan fingerprint density at radius 1 is 1.30 bits per heavy atom. The number of nitrogens with one attached hydrogen (secondary N) is 3. The number of carbonyl (C=O) groups excluding carboxylic acids is 1. The van der Waals surface area contributed by atoms with Crippen LogP contribution in [-0.2, 0) is 14.8 Å². The van der Waals surface area contributed by atoms with Gasteiger partial charge in [-0.3, -0.25) is 4.79 Å². The topological polar surface area (TPSA) is 87.3 Å². The van der Waals surface area contributed by atoms with Gasteiger partial charge in [0.25, 0.3) is 0 Å². The van der Waals surface area contributed by atoms with Crippen LogP contribution in [0.5, 0.6) is 0 Å². The van der Waals surface area contributed by atoms with Crippen molar-refractivity contribution < 1.29 is 13.2 Å². The fourth-order valence-electron chi connectivity index (χ4n) is 2.62. The van der Waals surface area contributed by atoms with Crippen molar-refractivity contribution in [2.75, 3.05) is 18.4 Å². The molecule has 0 radical (unpaired) electrons. The number of amides is 1. The number of hydrogen-bond acceptors (Lipinski definition) is 4. The lowest BCUT2D eigenvalue weighted by molar-refractivity contribution is -0.116. The summed E-state index contributed by atoms with van der Waals surface area (Å²) in [6.45, 7) is 5.56. The van der Waals surface area contributed by atoms with E-state index in [1.165, 1.54) is 12.1 Å². The molecule has 128 valence electrons. The van der Waals surface area contributed by atoms with Gasteiger partial charge in [0.1, 0.15) is 0 Å². The first-order valence-electron chi connectivity index (χ1n) is 8.00. The minimum Gasteiger partial charge on any atom is -0.326 e. The number of sulfonamides is 1. The quantitative estimate of drug-likeness (QED) is 0.706. The highest BCUT2D eigenvalue weighted by atomic mass is 32.2. The molecule has 1 aromatic carbocycles. The van der Waals surface area contributed by atoms with Gasteiger partial charge in [0.15, 0.2) is 0 Å². The van der Waals surface area contributed by atoms with E-state index in [4.69, 9.17) is 0 Å². The van der Waals surface area contributed by atoms with Crippen molar-refractivity contribution in [2.24, 2.45) is 5.92 Å². The third-order valence-corrected chi connectivity index (χ3v) is 5.46. The second-order valence-electron chi connectivity index (χ2n) is 6.25. The molecule has 7 heteroatoms. The van der Waals surface area contributed by atoms with Crippen molar-refractivity contribution in [1.29, 1.82) is 0 Å². The maximum absolute atomic E-state index is 12.0. The van der Waals surface area contributed by atoms with E-state index < -0.39 is 10.0 Å². The summed E-state index contributed by atoms with van der Waals surface area (Å²) in [5, 5.41) is 6.10. The standard InChI is InChI=1S/C16H25N3O3S/c1-12(2)19-23(21,22)15-6-4-14(5-7-15)18-16(20)8-3-13-9-10-17-11-13/h4-7,12-13,17,19H,3,8-11H2,1-2H3,(H,18,20). The van der Waals surface area contributed by atoms with Gasteiger partial charge in [-0.2, -0.15) is 0 Å². The van der Waals surface area contributed by atoms with E-state index in [-0.39, 0.29) is 16.8 Å². The van der Waals surface area contributed by atoms with E-state index in [2.05, 4.69) is 15.4 Å². The fourth-order valence-corrected chi connectivity index (χ4v) is 3.87. The summed E-state index contributed by atoms with van der Waals surface area (Å²) < 4.78 is 26.6. The second kappa shape index (κ2) is 7.90. The fraction of sp³-hybridized carbons (Fsp3) is 0.562. The monoisotopic (exact) mass is 339 g/mol. The molecule has 1 aliphatic rings. The Kier molecular flexibility index (Phi) is 6.15. The summed E-state index contributed by atoms with van der Waals surface area (Å²) in [5.41, 5.74) is 0.614. The number of hydrogen-bond donors (Lipinski definition) is 3. The molecule has 1 amide bonds. The first kappa shape index (κ1) is 17.9. The summed E-state index contributed by atoms with van der Waals surface area (Å²) in [7, 11) is -3.50. The summed E-state index contributed by atoms with van der Waals surface area (Å²) in [6, 6.07) is 6.07. The van der Waals surface area contributed by atoms with Crippen LogP contribution in [-0.4, -0.2) is 33.5 Å². The van der Waals surface area contributed by atoms with Crippen molar-refractivity contribution in [3.63, 3.8) is 0 Å². The van der Waals surface area contributed by atoms with Crippen LogP contribution in [0.15, 0.2) is 29.2 Å². The number of anilines is 1. The van der Waals surface area contributed by atoms with Gasteiger partial charge < -0.3 is 10.6 Å². The van der Waals surface area contributed by atoms with Gasteiger partial charge in [0.2, 0.25) is 15.9 Å². The van der Waals surface area contributed by atoms with E-state index in [9.17, 15) is 13.2 Å². The second-order valence-corrected chi connectivity index (χ2v) is 7.96. The predicted molar refractivity (Wildman–Crippen MR) is 90.7 cm³/mol. The van der Waals surface area contributed by atoms with E-state index in [1.807, 2.05) is 0 Å². The molecular weight excluding hydrogens is 314 g/mol. The molecule has 2 rings (SSSR count). The molecule has 0 aliphatic carbocycles. The third-order valence-electron chi connectivity index (χ3n) is 3.78. The highest BCUT2D eigenvalue weighted by Crippen LogP contribution is 2.17. The maximum atomic E-state index is 12.0. The van der Waals surface area contributed by atoms with Crippen molar-refractivity contribution in [2.45, 2.75) is 44.0 Å². The van der Waals surface area contributed by atoms with Crippen molar-refractivity contribution in [3.05, 3.63) is 24.3 Å². The Balaban J connectivity index is 1.88. The Hall–Kier alpha value is -1.44. The molecule has 1 aromatic rings. The highest BCUT2D eigenvalue weighted by Gasteiger charge is 2.17. The molecule has 1 fully saturated rings.